The quantitative estimate of drug-likeness (QED) is 0.828. The van der Waals surface area contributed by atoms with E-state index in [0.29, 0.717) is 36.4 Å². The molecule has 2 heterocycles. The number of carbonyl (C=O) groups is 1. The maximum absolute atomic E-state index is 12.6. The SMILES string of the molecule is Cc1nc2ccccc2c(=O)n1CC(=O)N1CCOC(C)C1. The number of fused-ring (bicyclic) bond motifs is 1. The molecular weight excluding hydrogens is 282 g/mol. The molecule has 1 unspecified atom stereocenters. The van der Waals surface area contributed by atoms with Crippen molar-refractivity contribution >= 4 is 16.8 Å². The maximum atomic E-state index is 12.6. The van der Waals surface area contributed by atoms with Gasteiger partial charge in [-0.3, -0.25) is 14.2 Å². The van der Waals surface area contributed by atoms with E-state index < -0.39 is 0 Å². The molecule has 1 fully saturated rings. The largest absolute Gasteiger partial charge is 0.375 e. The third-order valence-electron chi connectivity index (χ3n) is 3.94. The summed E-state index contributed by atoms with van der Waals surface area (Å²) in [6.45, 7) is 5.38. The van der Waals surface area contributed by atoms with Gasteiger partial charge in [0, 0.05) is 13.1 Å². The average Bonchev–Trinajstić information content (AvgIpc) is 2.51. The molecule has 1 aliphatic rings. The van der Waals surface area contributed by atoms with Gasteiger partial charge in [-0.1, -0.05) is 12.1 Å². The van der Waals surface area contributed by atoms with Crippen LogP contribution in [0.25, 0.3) is 10.9 Å². The molecule has 1 amide bonds. The third kappa shape index (κ3) is 2.74. The monoisotopic (exact) mass is 301 g/mol. The molecule has 1 aliphatic heterocycles. The number of rotatable bonds is 2. The number of morpholine rings is 1. The zero-order valence-corrected chi connectivity index (χ0v) is 12.8. The van der Waals surface area contributed by atoms with Crippen LogP contribution in [0.5, 0.6) is 0 Å². The molecule has 0 saturated carbocycles. The fourth-order valence-corrected chi connectivity index (χ4v) is 2.75. The van der Waals surface area contributed by atoms with Gasteiger partial charge in [-0.25, -0.2) is 4.98 Å². The molecule has 1 aromatic heterocycles. The summed E-state index contributed by atoms with van der Waals surface area (Å²) in [6.07, 6.45) is 0.0326. The zero-order chi connectivity index (χ0) is 15.7. The smallest absolute Gasteiger partial charge is 0.261 e. The molecule has 3 rings (SSSR count). The van der Waals surface area contributed by atoms with Gasteiger partial charge in [-0.2, -0.15) is 0 Å². The fraction of sp³-hybridized carbons (Fsp3) is 0.438. The number of ether oxygens (including phenoxy) is 1. The van der Waals surface area contributed by atoms with Crippen molar-refractivity contribution in [2.45, 2.75) is 26.5 Å². The normalized spacial score (nSPS) is 18.6. The van der Waals surface area contributed by atoms with Crippen molar-refractivity contribution in [1.82, 2.24) is 14.5 Å². The van der Waals surface area contributed by atoms with Crippen LogP contribution in [0.15, 0.2) is 29.1 Å². The minimum Gasteiger partial charge on any atom is -0.375 e. The molecule has 2 aromatic rings. The lowest BCUT2D eigenvalue weighted by atomic mass is 10.2. The molecule has 1 atom stereocenters. The number of benzene rings is 1. The number of amides is 1. The van der Waals surface area contributed by atoms with Crippen LogP contribution in [0.3, 0.4) is 0 Å². The van der Waals surface area contributed by atoms with Crippen LogP contribution in [0.1, 0.15) is 12.7 Å². The van der Waals surface area contributed by atoms with Crippen molar-refractivity contribution in [3.8, 4) is 0 Å². The lowest BCUT2D eigenvalue weighted by Gasteiger charge is -2.31. The van der Waals surface area contributed by atoms with Gasteiger partial charge in [-0.05, 0) is 26.0 Å². The van der Waals surface area contributed by atoms with Crippen molar-refractivity contribution < 1.29 is 9.53 Å². The molecule has 0 bridgehead atoms. The molecule has 0 spiro atoms. The average molecular weight is 301 g/mol. The Kier molecular flexibility index (Phi) is 3.94. The molecule has 0 N–H and O–H groups in total. The first-order valence-corrected chi connectivity index (χ1v) is 7.42. The summed E-state index contributed by atoms with van der Waals surface area (Å²) < 4.78 is 6.89. The van der Waals surface area contributed by atoms with Crippen molar-refractivity contribution in [2.75, 3.05) is 19.7 Å². The fourth-order valence-electron chi connectivity index (χ4n) is 2.75. The molecule has 22 heavy (non-hydrogen) atoms. The second-order valence-electron chi connectivity index (χ2n) is 5.59. The van der Waals surface area contributed by atoms with Crippen molar-refractivity contribution in [3.63, 3.8) is 0 Å². The number of aryl methyl sites for hydroxylation is 1. The lowest BCUT2D eigenvalue weighted by Crippen LogP contribution is -2.46. The van der Waals surface area contributed by atoms with Gasteiger partial charge in [0.2, 0.25) is 5.91 Å². The van der Waals surface area contributed by atoms with Gasteiger partial charge in [0.1, 0.15) is 12.4 Å². The molecule has 0 radical (unpaired) electrons. The van der Waals surface area contributed by atoms with E-state index in [1.807, 2.05) is 13.0 Å². The lowest BCUT2D eigenvalue weighted by molar-refractivity contribution is -0.138. The predicted molar refractivity (Wildman–Crippen MR) is 82.7 cm³/mol. The van der Waals surface area contributed by atoms with Gasteiger partial charge in [-0.15, -0.1) is 0 Å². The van der Waals surface area contributed by atoms with Crippen molar-refractivity contribution in [2.24, 2.45) is 0 Å². The van der Waals surface area contributed by atoms with E-state index in [1.165, 1.54) is 4.57 Å². The number of para-hydroxylation sites is 1. The first kappa shape index (κ1) is 14.7. The van der Waals surface area contributed by atoms with Crippen molar-refractivity contribution in [1.29, 1.82) is 0 Å². The Morgan fingerprint density at radius 1 is 1.41 bits per heavy atom. The highest BCUT2D eigenvalue weighted by atomic mass is 16.5. The number of aromatic nitrogens is 2. The number of carbonyl (C=O) groups excluding carboxylic acids is 1. The van der Waals surface area contributed by atoms with Gasteiger partial charge < -0.3 is 9.64 Å². The summed E-state index contributed by atoms with van der Waals surface area (Å²) in [5.74, 6) is 0.482. The Hall–Kier alpha value is -2.21. The first-order chi connectivity index (χ1) is 10.6. The van der Waals surface area contributed by atoms with Crippen LogP contribution >= 0.6 is 0 Å². The minimum atomic E-state index is -0.169. The second-order valence-corrected chi connectivity index (χ2v) is 5.59. The first-order valence-electron chi connectivity index (χ1n) is 7.42. The van der Waals surface area contributed by atoms with Gasteiger partial charge >= 0.3 is 0 Å². The molecule has 0 aliphatic carbocycles. The Labute approximate surface area is 128 Å². The Balaban J connectivity index is 1.90. The number of nitrogens with zero attached hydrogens (tertiary/aromatic N) is 3. The van der Waals surface area contributed by atoms with E-state index in [9.17, 15) is 9.59 Å². The van der Waals surface area contributed by atoms with E-state index in [1.54, 1.807) is 30.0 Å². The number of hydrogen-bond acceptors (Lipinski definition) is 4. The van der Waals surface area contributed by atoms with Crippen LogP contribution in [0.4, 0.5) is 0 Å². The van der Waals surface area contributed by atoms with Crippen LogP contribution in [0.2, 0.25) is 0 Å². The summed E-state index contributed by atoms with van der Waals surface area (Å²) in [4.78, 5) is 31.2. The molecule has 1 saturated heterocycles. The topological polar surface area (TPSA) is 64.4 Å². The summed E-state index contributed by atoms with van der Waals surface area (Å²) >= 11 is 0. The van der Waals surface area contributed by atoms with E-state index in [2.05, 4.69) is 4.98 Å². The minimum absolute atomic E-state index is 0.0230. The van der Waals surface area contributed by atoms with E-state index in [0.717, 1.165) is 0 Å². The molecule has 6 heteroatoms. The maximum Gasteiger partial charge on any atom is 0.261 e. The summed E-state index contributed by atoms with van der Waals surface area (Å²) in [5, 5.41) is 0.538. The van der Waals surface area contributed by atoms with Gasteiger partial charge in [0.25, 0.3) is 5.56 Å². The van der Waals surface area contributed by atoms with E-state index in [-0.39, 0.29) is 24.1 Å². The van der Waals surface area contributed by atoms with E-state index >= 15 is 0 Å². The second kappa shape index (κ2) is 5.88. The van der Waals surface area contributed by atoms with Gasteiger partial charge in [0.05, 0.1) is 23.6 Å². The number of hydrogen-bond donors (Lipinski definition) is 0. The summed E-state index contributed by atoms with van der Waals surface area (Å²) in [5.41, 5.74) is 0.492. The third-order valence-corrected chi connectivity index (χ3v) is 3.94. The molecule has 116 valence electrons. The highest BCUT2D eigenvalue weighted by Crippen LogP contribution is 2.09. The highest BCUT2D eigenvalue weighted by molar-refractivity contribution is 5.79. The molecule has 1 aromatic carbocycles. The van der Waals surface area contributed by atoms with Crippen LogP contribution in [0, 0.1) is 6.92 Å². The van der Waals surface area contributed by atoms with Crippen LogP contribution in [-0.4, -0.2) is 46.2 Å². The zero-order valence-electron chi connectivity index (χ0n) is 12.8. The standard InChI is InChI=1S/C16H19N3O3/c1-11-9-18(7-8-22-11)15(20)10-19-12(2)17-14-6-4-3-5-13(14)16(19)21/h3-6,11H,7-10H2,1-2H3. The predicted octanol–water partition coefficient (Wildman–Crippen LogP) is 0.952. The summed E-state index contributed by atoms with van der Waals surface area (Å²) in [7, 11) is 0. The Morgan fingerprint density at radius 2 is 2.18 bits per heavy atom. The highest BCUT2D eigenvalue weighted by Gasteiger charge is 2.22. The van der Waals surface area contributed by atoms with Crippen LogP contribution in [-0.2, 0) is 16.1 Å². The van der Waals surface area contributed by atoms with Crippen molar-refractivity contribution in [3.05, 3.63) is 40.4 Å². The molecule has 6 nitrogen and oxygen atoms in total. The Morgan fingerprint density at radius 3 is 2.95 bits per heavy atom. The van der Waals surface area contributed by atoms with Gasteiger partial charge in [0.15, 0.2) is 0 Å². The molecular formula is C16H19N3O3. The Bertz CT molecular complexity index is 769. The summed E-state index contributed by atoms with van der Waals surface area (Å²) in [6, 6.07) is 7.19. The van der Waals surface area contributed by atoms with E-state index in [4.69, 9.17) is 4.74 Å². The van der Waals surface area contributed by atoms with Crippen LogP contribution < -0.4 is 5.56 Å².